The first-order valence-electron chi connectivity index (χ1n) is 6.57. The number of halogens is 1. The molecule has 108 valence electrons. The fraction of sp³-hybridized carbons (Fsp3) is 0.214. The molecule has 0 radical (unpaired) electrons. The molecule has 0 saturated heterocycles. The molecule has 3 aromatic rings. The van der Waals surface area contributed by atoms with Crippen molar-refractivity contribution in [2.45, 2.75) is 13.8 Å². The minimum absolute atomic E-state index is 0.261. The molecule has 0 fully saturated rings. The first kappa shape index (κ1) is 13.7. The molecular weight excluding hydrogens is 289 g/mol. The fourth-order valence-electron chi connectivity index (χ4n) is 2.02. The molecule has 1 N–H and O–H groups in total. The van der Waals surface area contributed by atoms with Gasteiger partial charge in [0.2, 0.25) is 5.13 Å². The second-order valence-electron chi connectivity index (χ2n) is 4.47. The largest absolute Gasteiger partial charge is 0.360 e. The zero-order valence-corrected chi connectivity index (χ0v) is 12.5. The zero-order chi connectivity index (χ0) is 14.8. The number of rotatable bonds is 4. The number of aromatic nitrogens is 4. The molecule has 5 nitrogen and oxygen atoms in total. The number of nitrogens with one attached hydrogen (secondary N) is 1. The lowest BCUT2D eigenvalue weighted by Gasteiger charge is -2.04. The van der Waals surface area contributed by atoms with Gasteiger partial charge in [0, 0.05) is 6.54 Å². The van der Waals surface area contributed by atoms with Gasteiger partial charge in [-0.05, 0) is 38.1 Å². The summed E-state index contributed by atoms with van der Waals surface area (Å²) < 4.78 is 14.8. The normalized spacial score (nSPS) is 10.8. The average molecular weight is 303 g/mol. The third kappa shape index (κ3) is 2.64. The SMILES string of the molecule is CCNc1nnc(-c2cnn(-c3ccc(F)cc3)c2C)s1. The first-order chi connectivity index (χ1) is 10.2. The topological polar surface area (TPSA) is 55.6 Å². The molecule has 2 aromatic heterocycles. The van der Waals surface area contributed by atoms with Crippen molar-refractivity contribution < 1.29 is 4.39 Å². The molecule has 0 saturated carbocycles. The minimum Gasteiger partial charge on any atom is -0.360 e. The fourth-order valence-corrected chi connectivity index (χ4v) is 2.89. The molecule has 0 aliphatic carbocycles. The zero-order valence-electron chi connectivity index (χ0n) is 11.7. The van der Waals surface area contributed by atoms with E-state index in [9.17, 15) is 4.39 Å². The van der Waals surface area contributed by atoms with Gasteiger partial charge >= 0.3 is 0 Å². The van der Waals surface area contributed by atoms with Gasteiger partial charge in [0.15, 0.2) is 5.01 Å². The van der Waals surface area contributed by atoms with Gasteiger partial charge in [-0.2, -0.15) is 5.10 Å². The molecule has 0 bridgehead atoms. The Morgan fingerprint density at radius 3 is 2.71 bits per heavy atom. The van der Waals surface area contributed by atoms with Crippen LogP contribution in [0, 0.1) is 12.7 Å². The van der Waals surface area contributed by atoms with Crippen LogP contribution in [-0.4, -0.2) is 26.5 Å². The van der Waals surface area contributed by atoms with Crippen molar-refractivity contribution in [3.05, 3.63) is 42.0 Å². The molecule has 0 aliphatic rings. The Balaban J connectivity index is 1.96. The number of nitrogens with zero attached hydrogens (tertiary/aromatic N) is 4. The van der Waals surface area contributed by atoms with Gasteiger partial charge < -0.3 is 5.32 Å². The number of anilines is 1. The van der Waals surface area contributed by atoms with Crippen LogP contribution < -0.4 is 5.32 Å². The van der Waals surface area contributed by atoms with Gasteiger partial charge in [0.1, 0.15) is 5.82 Å². The summed E-state index contributed by atoms with van der Waals surface area (Å²) in [6.07, 6.45) is 1.76. The predicted octanol–water partition coefficient (Wildman–Crippen LogP) is 3.27. The quantitative estimate of drug-likeness (QED) is 0.803. The summed E-state index contributed by atoms with van der Waals surface area (Å²) in [6.45, 7) is 4.78. The van der Waals surface area contributed by atoms with E-state index in [-0.39, 0.29) is 5.82 Å². The molecule has 21 heavy (non-hydrogen) atoms. The van der Waals surface area contributed by atoms with Crippen LogP contribution in [0.3, 0.4) is 0 Å². The van der Waals surface area contributed by atoms with E-state index in [1.165, 1.54) is 23.5 Å². The summed E-state index contributed by atoms with van der Waals surface area (Å²) in [4.78, 5) is 0. The molecule has 0 spiro atoms. The van der Waals surface area contributed by atoms with Crippen molar-refractivity contribution in [3.63, 3.8) is 0 Å². The van der Waals surface area contributed by atoms with Crippen molar-refractivity contribution in [1.82, 2.24) is 20.0 Å². The van der Waals surface area contributed by atoms with Crippen LogP contribution in [0.5, 0.6) is 0 Å². The Morgan fingerprint density at radius 1 is 1.24 bits per heavy atom. The van der Waals surface area contributed by atoms with Crippen molar-refractivity contribution in [1.29, 1.82) is 0 Å². The second-order valence-corrected chi connectivity index (χ2v) is 5.45. The molecule has 1 aromatic carbocycles. The lowest BCUT2D eigenvalue weighted by molar-refractivity contribution is 0.627. The van der Waals surface area contributed by atoms with Crippen molar-refractivity contribution in [2.24, 2.45) is 0 Å². The van der Waals surface area contributed by atoms with Gasteiger partial charge in [-0.25, -0.2) is 9.07 Å². The van der Waals surface area contributed by atoms with Crippen LogP contribution in [0.4, 0.5) is 9.52 Å². The van der Waals surface area contributed by atoms with Crippen molar-refractivity contribution in [3.8, 4) is 16.3 Å². The molecule has 0 atom stereocenters. The molecule has 7 heteroatoms. The maximum Gasteiger partial charge on any atom is 0.205 e. The van der Waals surface area contributed by atoms with Gasteiger partial charge in [-0.1, -0.05) is 11.3 Å². The van der Waals surface area contributed by atoms with Crippen LogP contribution in [0.25, 0.3) is 16.3 Å². The monoisotopic (exact) mass is 303 g/mol. The number of hydrogen-bond acceptors (Lipinski definition) is 5. The summed E-state index contributed by atoms with van der Waals surface area (Å²) in [6, 6.07) is 6.24. The summed E-state index contributed by atoms with van der Waals surface area (Å²) in [7, 11) is 0. The Labute approximate surface area is 125 Å². The first-order valence-corrected chi connectivity index (χ1v) is 7.39. The maximum absolute atomic E-state index is 13.0. The highest BCUT2D eigenvalue weighted by atomic mass is 32.1. The van der Waals surface area contributed by atoms with Gasteiger partial charge in [0.25, 0.3) is 0 Å². The number of benzene rings is 1. The molecule has 0 unspecified atom stereocenters. The van der Waals surface area contributed by atoms with E-state index in [0.717, 1.165) is 33.6 Å². The van der Waals surface area contributed by atoms with E-state index in [1.807, 2.05) is 13.8 Å². The third-order valence-corrected chi connectivity index (χ3v) is 3.98. The molecule has 2 heterocycles. The standard InChI is InChI=1S/C14H14FN5S/c1-3-16-14-19-18-13(21-14)12-8-17-20(9(12)2)11-6-4-10(15)5-7-11/h4-8H,3H2,1-2H3,(H,16,19). The van der Waals surface area contributed by atoms with Crippen LogP contribution in [0.15, 0.2) is 30.5 Å². The van der Waals surface area contributed by atoms with E-state index in [0.29, 0.717) is 0 Å². The Hall–Kier alpha value is -2.28. The van der Waals surface area contributed by atoms with E-state index >= 15 is 0 Å². The third-order valence-electron chi connectivity index (χ3n) is 3.06. The summed E-state index contributed by atoms with van der Waals surface area (Å²) >= 11 is 1.49. The maximum atomic E-state index is 13.0. The van der Waals surface area contributed by atoms with Crippen LogP contribution in [0.2, 0.25) is 0 Å². The van der Waals surface area contributed by atoms with Gasteiger partial charge in [0.05, 0.1) is 23.1 Å². The Kier molecular flexibility index (Phi) is 3.66. The summed E-state index contributed by atoms with van der Waals surface area (Å²) in [5.74, 6) is -0.261. The van der Waals surface area contributed by atoms with E-state index in [2.05, 4.69) is 20.6 Å². The summed E-state index contributed by atoms with van der Waals surface area (Å²) in [5, 5.41) is 17.4. The molecule has 0 aliphatic heterocycles. The minimum atomic E-state index is -0.261. The lowest BCUT2D eigenvalue weighted by atomic mass is 10.2. The molecule has 3 rings (SSSR count). The smallest absolute Gasteiger partial charge is 0.205 e. The van der Waals surface area contributed by atoms with E-state index in [1.54, 1.807) is 23.0 Å². The highest BCUT2D eigenvalue weighted by Gasteiger charge is 2.14. The van der Waals surface area contributed by atoms with Crippen LogP contribution in [-0.2, 0) is 0 Å². The molecular formula is C14H14FN5S. The highest BCUT2D eigenvalue weighted by Crippen LogP contribution is 2.29. The average Bonchev–Trinajstić information content (AvgIpc) is 3.07. The van der Waals surface area contributed by atoms with Crippen molar-refractivity contribution >= 4 is 16.5 Å². The molecule has 0 amide bonds. The highest BCUT2D eigenvalue weighted by molar-refractivity contribution is 7.18. The summed E-state index contributed by atoms with van der Waals surface area (Å²) in [5.41, 5.74) is 2.69. The van der Waals surface area contributed by atoms with Gasteiger partial charge in [-0.3, -0.25) is 0 Å². The number of hydrogen-bond donors (Lipinski definition) is 1. The van der Waals surface area contributed by atoms with Gasteiger partial charge in [-0.15, -0.1) is 10.2 Å². The van der Waals surface area contributed by atoms with E-state index in [4.69, 9.17) is 0 Å². The van der Waals surface area contributed by atoms with Crippen LogP contribution >= 0.6 is 11.3 Å². The second kappa shape index (κ2) is 5.61. The van der Waals surface area contributed by atoms with E-state index < -0.39 is 0 Å². The lowest BCUT2D eigenvalue weighted by Crippen LogP contribution is -1.98. The van der Waals surface area contributed by atoms with Crippen LogP contribution in [0.1, 0.15) is 12.6 Å². The van der Waals surface area contributed by atoms with Crippen molar-refractivity contribution in [2.75, 3.05) is 11.9 Å². The Morgan fingerprint density at radius 2 is 2.00 bits per heavy atom. The Bertz CT molecular complexity index is 747. The predicted molar refractivity (Wildman–Crippen MR) is 81.3 cm³/mol.